The SMILES string of the molecule is CC1(c2n[nH]c(CO)n2)CCCCC1. The molecule has 78 valence electrons. The van der Waals surface area contributed by atoms with Crippen molar-refractivity contribution in [3.8, 4) is 0 Å². The summed E-state index contributed by atoms with van der Waals surface area (Å²) >= 11 is 0. The van der Waals surface area contributed by atoms with E-state index in [1.165, 1.54) is 19.3 Å². The monoisotopic (exact) mass is 195 g/mol. The molecular weight excluding hydrogens is 178 g/mol. The lowest BCUT2D eigenvalue weighted by Gasteiger charge is -2.30. The number of H-pyrrole nitrogens is 1. The fourth-order valence-electron chi connectivity index (χ4n) is 2.19. The zero-order valence-corrected chi connectivity index (χ0v) is 8.58. The molecular formula is C10H17N3O. The van der Waals surface area contributed by atoms with E-state index in [1.807, 2.05) is 0 Å². The Labute approximate surface area is 83.8 Å². The van der Waals surface area contributed by atoms with Gasteiger partial charge in [0, 0.05) is 5.41 Å². The second-order valence-electron chi connectivity index (χ2n) is 4.39. The first-order valence-electron chi connectivity index (χ1n) is 5.27. The molecule has 4 nitrogen and oxygen atoms in total. The molecule has 1 fully saturated rings. The molecule has 0 aliphatic heterocycles. The molecule has 0 aromatic carbocycles. The smallest absolute Gasteiger partial charge is 0.156 e. The van der Waals surface area contributed by atoms with Crippen LogP contribution >= 0.6 is 0 Å². The Bertz CT molecular complexity index is 302. The first-order chi connectivity index (χ1) is 6.74. The van der Waals surface area contributed by atoms with Crippen molar-refractivity contribution in [2.45, 2.75) is 51.0 Å². The normalized spacial score (nSPS) is 21.0. The van der Waals surface area contributed by atoms with E-state index in [0.717, 1.165) is 18.7 Å². The molecule has 1 aromatic heterocycles. The summed E-state index contributed by atoms with van der Waals surface area (Å²) < 4.78 is 0. The quantitative estimate of drug-likeness (QED) is 0.752. The maximum Gasteiger partial charge on any atom is 0.156 e. The molecule has 2 N–H and O–H groups in total. The van der Waals surface area contributed by atoms with Crippen LogP contribution in [0.5, 0.6) is 0 Å². The molecule has 4 heteroatoms. The van der Waals surface area contributed by atoms with Crippen molar-refractivity contribution in [2.75, 3.05) is 0 Å². The van der Waals surface area contributed by atoms with E-state index in [2.05, 4.69) is 22.1 Å². The maximum absolute atomic E-state index is 8.90. The summed E-state index contributed by atoms with van der Waals surface area (Å²) in [6.45, 7) is 2.17. The van der Waals surface area contributed by atoms with Gasteiger partial charge in [0.25, 0.3) is 0 Å². The van der Waals surface area contributed by atoms with Crippen LogP contribution in [0.15, 0.2) is 0 Å². The number of hydrogen-bond donors (Lipinski definition) is 2. The van der Waals surface area contributed by atoms with Gasteiger partial charge >= 0.3 is 0 Å². The highest BCUT2D eigenvalue weighted by Gasteiger charge is 2.32. The van der Waals surface area contributed by atoms with Crippen LogP contribution in [-0.2, 0) is 12.0 Å². The molecule has 0 spiro atoms. The minimum absolute atomic E-state index is 0.0525. The van der Waals surface area contributed by atoms with Gasteiger partial charge in [0.1, 0.15) is 12.4 Å². The lowest BCUT2D eigenvalue weighted by molar-refractivity contribution is 0.270. The standard InChI is InChI=1S/C10H17N3O/c1-10(5-3-2-4-6-10)9-11-8(7-14)12-13-9/h14H,2-7H2,1H3,(H,11,12,13). The fraction of sp³-hybridized carbons (Fsp3) is 0.800. The number of aromatic amines is 1. The van der Waals surface area contributed by atoms with Gasteiger partial charge in [-0.3, -0.25) is 5.10 Å². The van der Waals surface area contributed by atoms with Gasteiger partial charge in [-0.1, -0.05) is 26.2 Å². The lowest BCUT2D eigenvalue weighted by Crippen LogP contribution is -2.26. The van der Waals surface area contributed by atoms with Crippen LogP contribution in [-0.4, -0.2) is 20.3 Å². The number of aliphatic hydroxyl groups excluding tert-OH is 1. The second-order valence-corrected chi connectivity index (χ2v) is 4.39. The lowest BCUT2D eigenvalue weighted by atomic mass is 9.75. The first kappa shape index (κ1) is 9.65. The summed E-state index contributed by atoms with van der Waals surface area (Å²) in [5, 5.41) is 15.9. The number of nitrogens with one attached hydrogen (secondary N) is 1. The van der Waals surface area contributed by atoms with E-state index in [-0.39, 0.29) is 12.0 Å². The Morgan fingerprint density at radius 2 is 2.07 bits per heavy atom. The number of nitrogens with zero attached hydrogens (tertiary/aromatic N) is 2. The van der Waals surface area contributed by atoms with Crippen LogP contribution in [0.25, 0.3) is 0 Å². The molecule has 1 heterocycles. The van der Waals surface area contributed by atoms with Crippen LogP contribution in [0.1, 0.15) is 50.7 Å². The summed E-state index contributed by atoms with van der Waals surface area (Å²) in [6.07, 6.45) is 6.18. The molecule has 0 atom stereocenters. The van der Waals surface area contributed by atoms with Gasteiger partial charge in [-0.2, -0.15) is 5.10 Å². The van der Waals surface area contributed by atoms with Crippen LogP contribution in [0.3, 0.4) is 0 Å². The highest BCUT2D eigenvalue weighted by atomic mass is 16.3. The van der Waals surface area contributed by atoms with Gasteiger partial charge in [-0.25, -0.2) is 4.98 Å². The Kier molecular flexibility index (Phi) is 2.54. The van der Waals surface area contributed by atoms with Gasteiger partial charge < -0.3 is 5.11 Å². The molecule has 0 radical (unpaired) electrons. The van der Waals surface area contributed by atoms with E-state index >= 15 is 0 Å². The van der Waals surface area contributed by atoms with Crippen LogP contribution in [0.2, 0.25) is 0 Å². The summed E-state index contributed by atoms with van der Waals surface area (Å²) in [6, 6.07) is 0. The third-order valence-corrected chi connectivity index (χ3v) is 3.18. The van der Waals surface area contributed by atoms with Gasteiger partial charge in [-0.15, -0.1) is 0 Å². The Morgan fingerprint density at radius 1 is 1.36 bits per heavy atom. The zero-order chi connectivity index (χ0) is 10.0. The van der Waals surface area contributed by atoms with Gasteiger partial charge in [0.2, 0.25) is 0 Å². The number of rotatable bonds is 2. The second kappa shape index (κ2) is 3.69. The molecule has 0 bridgehead atoms. The van der Waals surface area contributed by atoms with Crippen molar-refractivity contribution < 1.29 is 5.11 Å². The van der Waals surface area contributed by atoms with E-state index < -0.39 is 0 Å². The molecule has 1 aromatic rings. The van der Waals surface area contributed by atoms with Crippen LogP contribution in [0, 0.1) is 0 Å². The summed E-state index contributed by atoms with van der Waals surface area (Å²) in [5.74, 6) is 1.45. The largest absolute Gasteiger partial charge is 0.388 e. The van der Waals surface area contributed by atoms with Crippen molar-refractivity contribution in [3.63, 3.8) is 0 Å². The summed E-state index contributed by atoms with van der Waals surface area (Å²) in [5.41, 5.74) is 0.127. The molecule has 14 heavy (non-hydrogen) atoms. The van der Waals surface area contributed by atoms with Crippen LogP contribution < -0.4 is 0 Å². The summed E-state index contributed by atoms with van der Waals surface area (Å²) in [7, 11) is 0. The number of aliphatic hydroxyl groups is 1. The van der Waals surface area contributed by atoms with E-state index in [4.69, 9.17) is 5.11 Å². The molecule has 1 saturated carbocycles. The molecule has 1 aliphatic rings. The average Bonchev–Trinajstić information content (AvgIpc) is 2.67. The Balaban J connectivity index is 2.19. The summed E-state index contributed by atoms with van der Waals surface area (Å²) in [4.78, 5) is 4.31. The predicted molar refractivity (Wildman–Crippen MR) is 52.7 cm³/mol. The zero-order valence-electron chi connectivity index (χ0n) is 8.58. The van der Waals surface area contributed by atoms with Crippen molar-refractivity contribution in [3.05, 3.63) is 11.6 Å². The fourth-order valence-corrected chi connectivity index (χ4v) is 2.19. The van der Waals surface area contributed by atoms with E-state index in [1.54, 1.807) is 0 Å². The van der Waals surface area contributed by atoms with Crippen molar-refractivity contribution in [2.24, 2.45) is 0 Å². The molecule has 0 unspecified atom stereocenters. The molecule has 0 saturated heterocycles. The van der Waals surface area contributed by atoms with E-state index in [0.29, 0.717) is 5.82 Å². The van der Waals surface area contributed by atoms with Crippen molar-refractivity contribution in [1.82, 2.24) is 15.2 Å². The minimum atomic E-state index is -0.0525. The average molecular weight is 195 g/mol. The maximum atomic E-state index is 8.90. The third kappa shape index (κ3) is 1.66. The van der Waals surface area contributed by atoms with Crippen LogP contribution in [0.4, 0.5) is 0 Å². The highest BCUT2D eigenvalue weighted by Crippen LogP contribution is 2.36. The van der Waals surface area contributed by atoms with Gasteiger partial charge in [0.15, 0.2) is 5.82 Å². The predicted octanol–water partition coefficient (Wildman–Crippen LogP) is 1.52. The minimum Gasteiger partial charge on any atom is -0.388 e. The highest BCUT2D eigenvalue weighted by molar-refractivity contribution is 5.07. The van der Waals surface area contributed by atoms with E-state index in [9.17, 15) is 0 Å². The molecule has 2 rings (SSSR count). The number of aromatic nitrogens is 3. The topological polar surface area (TPSA) is 61.8 Å². The molecule has 1 aliphatic carbocycles. The molecule has 0 amide bonds. The van der Waals surface area contributed by atoms with Crippen molar-refractivity contribution in [1.29, 1.82) is 0 Å². The third-order valence-electron chi connectivity index (χ3n) is 3.18. The van der Waals surface area contributed by atoms with Crippen molar-refractivity contribution >= 4 is 0 Å². The first-order valence-corrected chi connectivity index (χ1v) is 5.27. The number of hydrogen-bond acceptors (Lipinski definition) is 3. The Morgan fingerprint density at radius 3 is 2.64 bits per heavy atom. The van der Waals surface area contributed by atoms with Gasteiger partial charge in [0.05, 0.1) is 0 Å². The van der Waals surface area contributed by atoms with Gasteiger partial charge in [-0.05, 0) is 12.8 Å². The Hall–Kier alpha value is -0.900.